The van der Waals surface area contributed by atoms with Crippen LogP contribution < -0.4 is 5.48 Å². The summed E-state index contributed by atoms with van der Waals surface area (Å²) < 4.78 is 0. The van der Waals surface area contributed by atoms with Crippen molar-refractivity contribution in [2.75, 3.05) is 6.54 Å². The fourth-order valence-electron chi connectivity index (χ4n) is 3.94. The van der Waals surface area contributed by atoms with E-state index in [1.54, 1.807) is 11.6 Å². The first-order valence-electron chi connectivity index (χ1n) is 11.0. The van der Waals surface area contributed by atoms with Crippen molar-refractivity contribution in [3.63, 3.8) is 0 Å². The first-order chi connectivity index (χ1) is 15.2. The van der Waals surface area contributed by atoms with Crippen molar-refractivity contribution in [1.29, 1.82) is 0 Å². The Bertz CT molecular complexity index is 1080. The maximum Gasteiger partial charge on any atom is 0.267 e. The van der Waals surface area contributed by atoms with Gasteiger partial charge < -0.3 is 10.1 Å². The minimum absolute atomic E-state index is 0.360. The summed E-state index contributed by atoms with van der Waals surface area (Å²) in [4.78, 5) is 17.0. The van der Waals surface area contributed by atoms with Crippen LogP contribution in [0.2, 0.25) is 0 Å². The smallest absolute Gasteiger partial charge is 0.267 e. The summed E-state index contributed by atoms with van der Waals surface area (Å²) in [5.74, 6) is -0.553. The van der Waals surface area contributed by atoms with Gasteiger partial charge in [-0.15, -0.1) is 0 Å². The summed E-state index contributed by atoms with van der Waals surface area (Å²) in [7, 11) is 0. The van der Waals surface area contributed by atoms with Crippen LogP contribution in [0.1, 0.15) is 50.1 Å². The van der Waals surface area contributed by atoms with Crippen LogP contribution in [-0.2, 0) is 23.4 Å². The maximum absolute atomic E-state index is 11.1. The Kier molecular flexibility index (Phi) is 7.51. The Morgan fingerprint density at radius 2 is 1.84 bits per heavy atom. The van der Waals surface area contributed by atoms with Gasteiger partial charge in [-0.25, -0.2) is 5.48 Å². The Labute approximate surface area is 189 Å². The zero-order valence-electron chi connectivity index (χ0n) is 19.2. The van der Waals surface area contributed by atoms with Crippen molar-refractivity contribution >= 4 is 22.9 Å². The van der Waals surface area contributed by atoms with Crippen LogP contribution in [0.25, 0.3) is 17.0 Å². The van der Waals surface area contributed by atoms with E-state index in [0.29, 0.717) is 6.04 Å². The lowest BCUT2D eigenvalue weighted by Gasteiger charge is -2.27. The summed E-state index contributed by atoms with van der Waals surface area (Å²) in [6.45, 7) is 9.69. The lowest BCUT2D eigenvalue weighted by molar-refractivity contribution is -0.124. The highest BCUT2D eigenvalue weighted by Gasteiger charge is 2.24. The molecule has 32 heavy (non-hydrogen) atoms. The van der Waals surface area contributed by atoms with Gasteiger partial charge in [0.05, 0.1) is 11.3 Å². The molecule has 0 aliphatic heterocycles. The number of fused-ring (bicyclic) bond motifs is 1. The van der Waals surface area contributed by atoms with Crippen molar-refractivity contribution in [3.8, 4) is 0 Å². The number of amides is 1. The predicted molar refractivity (Wildman–Crippen MR) is 128 cm³/mol. The SMILES string of the molecule is CC(C)N(CCc1c(C(C)(C)O)[nH]c2ccccc12)Cc1ccc(C=CC(=O)NO)cc1. The van der Waals surface area contributed by atoms with Gasteiger partial charge in [-0.1, -0.05) is 42.5 Å². The first-order valence-corrected chi connectivity index (χ1v) is 11.0. The predicted octanol–water partition coefficient (Wildman–Crippen LogP) is 4.37. The van der Waals surface area contributed by atoms with E-state index in [1.165, 1.54) is 17.2 Å². The van der Waals surface area contributed by atoms with E-state index in [-0.39, 0.29) is 0 Å². The Hall–Kier alpha value is -2.93. The van der Waals surface area contributed by atoms with Gasteiger partial charge in [0.1, 0.15) is 0 Å². The molecule has 0 saturated carbocycles. The summed E-state index contributed by atoms with van der Waals surface area (Å²) in [6, 6.07) is 16.6. The number of hydrogen-bond donors (Lipinski definition) is 4. The molecule has 170 valence electrons. The number of para-hydroxylation sites is 1. The van der Waals surface area contributed by atoms with Gasteiger partial charge in [0.15, 0.2) is 0 Å². The molecule has 0 unspecified atom stereocenters. The quantitative estimate of drug-likeness (QED) is 0.228. The van der Waals surface area contributed by atoms with E-state index < -0.39 is 11.5 Å². The van der Waals surface area contributed by atoms with Crippen LogP contribution in [0.5, 0.6) is 0 Å². The Morgan fingerprint density at radius 3 is 2.47 bits per heavy atom. The highest BCUT2D eigenvalue weighted by Crippen LogP contribution is 2.30. The standard InChI is InChI=1S/C26H33N3O3/c1-18(2)29(17-20-11-9-19(10-12-20)13-14-24(30)28-32)16-15-22-21-7-5-6-8-23(21)27-25(22)26(3,4)31/h5-14,18,27,31-32H,15-17H2,1-4H3,(H,28,30). The number of carbonyl (C=O) groups is 1. The number of aromatic nitrogens is 1. The third kappa shape index (κ3) is 5.85. The molecule has 6 heteroatoms. The van der Waals surface area contributed by atoms with Gasteiger partial charge in [-0.05, 0) is 62.9 Å². The van der Waals surface area contributed by atoms with Gasteiger partial charge >= 0.3 is 0 Å². The van der Waals surface area contributed by atoms with Gasteiger partial charge in [-0.2, -0.15) is 0 Å². The molecule has 0 fully saturated rings. The molecule has 0 spiro atoms. The number of benzene rings is 2. The molecule has 3 aromatic rings. The molecule has 0 saturated heterocycles. The van der Waals surface area contributed by atoms with E-state index in [0.717, 1.165) is 41.7 Å². The summed E-state index contributed by atoms with van der Waals surface area (Å²) in [5.41, 5.74) is 5.82. The number of aromatic amines is 1. The zero-order valence-corrected chi connectivity index (χ0v) is 19.2. The molecular weight excluding hydrogens is 402 g/mol. The second kappa shape index (κ2) is 10.1. The van der Waals surface area contributed by atoms with Crippen molar-refractivity contribution in [1.82, 2.24) is 15.4 Å². The van der Waals surface area contributed by atoms with Gasteiger partial charge in [-0.3, -0.25) is 14.9 Å². The second-order valence-corrected chi connectivity index (χ2v) is 8.95. The molecule has 0 radical (unpaired) electrons. The van der Waals surface area contributed by atoms with Crippen molar-refractivity contribution in [2.24, 2.45) is 0 Å². The zero-order chi connectivity index (χ0) is 23.3. The molecule has 6 nitrogen and oxygen atoms in total. The highest BCUT2D eigenvalue weighted by atomic mass is 16.5. The molecule has 1 amide bonds. The number of nitrogens with one attached hydrogen (secondary N) is 2. The van der Waals surface area contributed by atoms with Crippen LogP contribution >= 0.6 is 0 Å². The molecule has 4 N–H and O–H groups in total. The molecule has 2 aromatic carbocycles. The fraction of sp³-hybridized carbons (Fsp3) is 0.346. The second-order valence-electron chi connectivity index (χ2n) is 8.95. The number of rotatable bonds is 9. The third-order valence-corrected chi connectivity index (χ3v) is 5.71. The lowest BCUT2D eigenvalue weighted by atomic mass is 9.97. The van der Waals surface area contributed by atoms with Gasteiger partial charge in [0.25, 0.3) is 5.91 Å². The molecule has 0 atom stereocenters. The summed E-state index contributed by atoms with van der Waals surface area (Å²) in [5, 5.41) is 20.4. The van der Waals surface area contributed by atoms with Crippen LogP contribution in [0.3, 0.4) is 0 Å². The largest absolute Gasteiger partial charge is 0.384 e. The molecule has 0 aliphatic carbocycles. The van der Waals surface area contributed by atoms with Crippen LogP contribution in [0.15, 0.2) is 54.6 Å². The Morgan fingerprint density at radius 1 is 1.16 bits per heavy atom. The molecule has 0 bridgehead atoms. The minimum Gasteiger partial charge on any atom is -0.384 e. The number of hydroxylamine groups is 1. The fourth-order valence-corrected chi connectivity index (χ4v) is 3.94. The van der Waals surface area contributed by atoms with Gasteiger partial charge in [0.2, 0.25) is 0 Å². The van der Waals surface area contributed by atoms with Crippen LogP contribution in [0.4, 0.5) is 0 Å². The average molecular weight is 436 g/mol. The number of nitrogens with zero attached hydrogens (tertiary/aromatic N) is 1. The third-order valence-electron chi connectivity index (χ3n) is 5.71. The summed E-state index contributed by atoms with van der Waals surface area (Å²) in [6.07, 6.45) is 3.78. The molecular formula is C26H33N3O3. The van der Waals surface area contributed by atoms with E-state index in [1.807, 2.05) is 38.1 Å². The molecule has 1 aromatic heterocycles. The number of hydrogen-bond acceptors (Lipinski definition) is 4. The Balaban J connectivity index is 1.75. The van der Waals surface area contributed by atoms with Crippen molar-refractivity contribution in [3.05, 3.63) is 77.0 Å². The molecule has 3 rings (SSSR count). The topological polar surface area (TPSA) is 88.6 Å². The average Bonchev–Trinajstić information content (AvgIpc) is 3.14. The van der Waals surface area contributed by atoms with E-state index in [9.17, 15) is 9.90 Å². The lowest BCUT2D eigenvalue weighted by Crippen LogP contribution is -2.32. The van der Waals surface area contributed by atoms with Crippen molar-refractivity contribution in [2.45, 2.75) is 52.3 Å². The summed E-state index contributed by atoms with van der Waals surface area (Å²) >= 11 is 0. The normalized spacial score (nSPS) is 12.4. The maximum atomic E-state index is 11.1. The number of carbonyl (C=O) groups excluding carboxylic acids is 1. The van der Waals surface area contributed by atoms with E-state index >= 15 is 0 Å². The highest BCUT2D eigenvalue weighted by molar-refractivity contribution is 5.90. The number of aliphatic hydroxyl groups is 1. The van der Waals surface area contributed by atoms with Crippen LogP contribution in [-0.4, -0.2) is 38.7 Å². The monoisotopic (exact) mass is 435 g/mol. The number of H-pyrrole nitrogens is 1. The van der Waals surface area contributed by atoms with E-state index in [4.69, 9.17) is 5.21 Å². The minimum atomic E-state index is -0.937. The first kappa shape index (κ1) is 23.7. The molecule has 1 heterocycles. The van der Waals surface area contributed by atoms with Crippen LogP contribution in [0, 0.1) is 0 Å². The molecule has 0 aliphatic rings. The van der Waals surface area contributed by atoms with Gasteiger partial charge in [0, 0.05) is 36.1 Å². The van der Waals surface area contributed by atoms with Crippen molar-refractivity contribution < 1.29 is 15.1 Å². The van der Waals surface area contributed by atoms with E-state index in [2.05, 4.69) is 48.0 Å².